The molecule has 1 aliphatic heterocycles. The van der Waals surface area contributed by atoms with Crippen molar-refractivity contribution in [1.82, 2.24) is 15.3 Å². The summed E-state index contributed by atoms with van der Waals surface area (Å²) in [6, 6.07) is 3.88. The average Bonchev–Trinajstić information content (AvgIpc) is 3.22. The van der Waals surface area contributed by atoms with Crippen LogP contribution in [0.4, 0.5) is 10.5 Å². The second-order valence-corrected chi connectivity index (χ2v) is 8.95. The van der Waals surface area contributed by atoms with Gasteiger partial charge in [-0.25, -0.2) is 19.7 Å². The molecular weight excluding hydrogens is 380 g/mol. The van der Waals surface area contributed by atoms with E-state index in [-0.39, 0.29) is 17.3 Å². The third kappa shape index (κ3) is 2.64. The first kappa shape index (κ1) is 19.0. The average molecular weight is 406 g/mol. The number of nitrogens with zero attached hydrogens (tertiary/aromatic N) is 3. The van der Waals surface area contributed by atoms with Crippen LogP contribution in [0.25, 0.3) is 0 Å². The van der Waals surface area contributed by atoms with Gasteiger partial charge in [0.05, 0.1) is 18.1 Å². The number of carbonyl (C=O) groups is 2. The first-order valence-electron chi connectivity index (χ1n) is 10.7. The van der Waals surface area contributed by atoms with Crippen LogP contribution in [-0.4, -0.2) is 27.4 Å². The minimum absolute atomic E-state index is 0.219. The standard InChI is InChI=1S/C23H26N4O3/c1-4-22(3)19(28)27(21(29)26-22)15-12-24-20(25-13-15)30-17-7-6-14(2)16-8-11-23(18(16)17)9-5-10-23/h6-7,12-13H,4-5,8-11H2,1-3H3,(H,26,29)/t22-/m1/s1. The summed E-state index contributed by atoms with van der Waals surface area (Å²) in [5.41, 5.74) is 3.74. The van der Waals surface area contributed by atoms with Crippen molar-refractivity contribution >= 4 is 17.6 Å². The maximum atomic E-state index is 12.7. The Morgan fingerprint density at radius 1 is 1.17 bits per heavy atom. The van der Waals surface area contributed by atoms with Crippen molar-refractivity contribution < 1.29 is 14.3 Å². The fourth-order valence-electron chi connectivity index (χ4n) is 5.05. The first-order valence-corrected chi connectivity index (χ1v) is 10.7. The molecule has 5 rings (SSSR count). The van der Waals surface area contributed by atoms with E-state index in [1.54, 1.807) is 6.92 Å². The van der Waals surface area contributed by atoms with Gasteiger partial charge in [0.25, 0.3) is 5.91 Å². The number of amides is 3. The highest BCUT2D eigenvalue weighted by molar-refractivity contribution is 6.23. The number of ether oxygens (including phenoxy) is 1. The molecule has 30 heavy (non-hydrogen) atoms. The summed E-state index contributed by atoms with van der Waals surface area (Å²) in [5, 5.41) is 2.74. The molecule has 2 aliphatic carbocycles. The van der Waals surface area contributed by atoms with Gasteiger partial charge in [0.15, 0.2) is 0 Å². The van der Waals surface area contributed by atoms with Crippen molar-refractivity contribution in [3.63, 3.8) is 0 Å². The van der Waals surface area contributed by atoms with Gasteiger partial charge in [-0.3, -0.25) is 4.79 Å². The van der Waals surface area contributed by atoms with Crippen molar-refractivity contribution in [2.24, 2.45) is 0 Å². The van der Waals surface area contributed by atoms with Gasteiger partial charge in [-0.1, -0.05) is 19.4 Å². The predicted octanol–water partition coefficient (Wildman–Crippen LogP) is 4.17. The van der Waals surface area contributed by atoms with Crippen molar-refractivity contribution in [2.45, 2.75) is 70.3 Å². The topological polar surface area (TPSA) is 84.4 Å². The largest absolute Gasteiger partial charge is 0.424 e. The molecule has 0 radical (unpaired) electrons. The lowest BCUT2D eigenvalue weighted by atomic mass is 9.65. The van der Waals surface area contributed by atoms with E-state index in [0.29, 0.717) is 12.1 Å². The number of carbonyl (C=O) groups excluding carboxylic acids is 2. The van der Waals surface area contributed by atoms with E-state index in [4.69, 9.17) is 4.74 Å². The van der Waals surface area contributed by atoms with Gasteiger partial charge in [0.1, 0.15) is 11.3 Å². The quantitative estimate of drug-likeness (QED) is 0.771. The lowest BCUT2D eigenvalue weighted by Crippen LogP contribution is -2.43. The zero-order valence-electron chi connectivity index (χ0n) is 17.6. The van der Waals surface area contributed by atoms with Gasteiger partial charge < -0.3 is 10.1 Å². The minimum atomic E-state index is -0.897. The summed E-state index contributed by atoms with van der Waals surface area (Å²) in [4.78, 5) is 34.7. The SMILES string of the molecule is CC[C@@]1(C)NC(=O)N(c2cnc(Oc3ccc(C)c4c3C3(CCC3)CC4)nc2)C1=O. The number of aromatic nitrogens is 2. The zero-order chi connectivity index (χ0) is 21.1. The Labute approximate surface area is 175 Å². The van der Waals surface area contributed by atoms with Crippen LogP contribution in [0.1, 0.15) is 62.6 Å². The Bertz CT molecular complexity index is 1050. The van der Waals surface area contributed by atoms with Crippen LogP contribution in [-0.2, 0) is 16.6 Å². The first-order chi connectivity index (χ1) is 14.4. The van der Waals surface area contributed by atoms with Crippen LogP contribution < -0.4 is 15.0 Å². The number of hydrogen-bond donors (Lipinski definition) is 1. The molecule has 1 N–H and O–H groups in total. The number of anilines is 1. The van der Waals surface area contributed by atoms with Gasteiger partial charge in [0, 0.05) is 5.56 Å². The third-order valence-corrected chi connectivity index (χ3v) is 7.25. The Morgan fingerprint density at radius 2 is 1.90 bits per heavy atom. The van der Waals surface area contributed by atoms with E-state index < -0.39 is 11.6 Å². The van der Waals surface area contributed by atoms with Crippen LogP contribution >= 0.6 is 0 Å². The monoisotopic (exact) mass is 406 g/mol. The van der Waals surface area contributed by atoms with E-state index in [9.17, 15) is 9.59 Å². The van der Waals surface area contributed by atoms with Gasteiger partial charge in [-0.05, 0) is 68.6 Å². The summed E-state index contributed by atoms with van der Waals surface area (Å²) in [6.07, 6.45) is 9.41. The van der Waals surface area contributed by atoms with Crippen LogP contribution in [0.5, 0.6) is 11.8 Å². The minimum Gasteiger partial charge on any atom is -0.424 e. The van der Waals surface area contributed by atoms with E-state index >= 15 is 0 Å². The number of imide groups is 1. The number of nitrogens with one attached hydrogen (secondary N) is 1. The highest BCUT2D eigenvalue weighted by Gasteiger charge is 2.48. The lowest BCUT2D eigenvalue weighted by Gasteiger charge is -2.40. The summed E-state index contributed by atoms with van der Waals surface area (Å²) in [5.74, 6) is 0.532. The smallest absolute Gasteiger partial charge is 0.329 e. The maximum absolute atomic E-state index is 12.7. The van der Waals surface area contributed by atoms with E-state index in [0.717, 1.165) is 17.1 Å². The van der Waals surface area contributed by atoms with Gasteiger partial charge >= 0.3 is 12.0 Å². The molecule has 1 aromatic heterocycles. The molecule has 7 heteroatoms. The highest BCUT2D eigenvalue weighted by atomic mass is 16.5. The third-order valence-electron chi connectivity index (χ3n) is 7.25. The zero-order valence-corrected chi connectivity index (χ0v) is 17.6. The second kappa shape index (κ2) is 6.52. The van der Waals surface area contributed by atoms with Gasteiger partial charge in [0.2, 0.25) is 0 Å². The predicted molar refractivity (Wildman–Crippen MR) is 112 cm³/mol. The van der Waals surface area contributed by atoms with E-state index in [1.165, 1.54) is 54.8 Å². The Kier molecular flexibility index (Phi) is 4.14. The molecule has 2 heterocycles. The van der Waals surface area contributed by atoms with E-state index in [2.05, 4.69) is 28.3 Å². The van der Waals surface area contributed by atoms with Crippen LogP contribution in [0.15, 0.2) is 24.5 Å². The number of urea groups is 1. The Balaban J connectivity index is 1.42. The molecule has 3 amide bonds. The second-order valence-electron chi connectivity index (χ2n) is 8.95. The summed E-state index contributed by atoms with van der Waals surface area (Å²) in [6.45, 7) is 5.75. The lowest BCUT2D eigenvalue weighted by molar-refractivity contribution is -0.121. The molecule has 7 nitrogen and oxygen atoms in total. The summed E-state index contributed by atoms with van der Waals surface area (Å²) < 4.78 is 6.11. The molecule has 1 spiro atoms. The van der Waals surface area contributed by atoms with Gasteiger partial charge in [-0.2, -0.15) is 0 Å². The molecule has 1 atom stereocenters. The Hall–Kier alpha value is -2.96. The molecule has 1 aromatic carbocycles. The maximum Gasteiger partial charge on any atom is 0.329 e. The molecule has 156 valence electrons. The number of rotatable bonds is 4. The number of aryl methyl sites for hydroxylation is 1. The van der Waals surface area contributed by atoms with Crippen molar-refractivity contribution in [1.29, 1.82) is 0 Å². The number of hydrogen-bond acceptors (Lipinski definition) is 5. The fourth-order valence-corrected chi connectivity index (χ4v) is 5.05. The molecular formula is C23H26N4O3. The number of fused-ring (bicyclic) bond motifs is 2. The summed E-state index contributed by atoms with van der Waals surface area (Å²) in [7, 11) is 0. The van der Waals surface area contributed by atoms with Crippen LogP contribution in [0, 0.1) is 6.92 Å². The molecule has 3 aliphatic rings. The normalized spacial score (nSPS) is 24.0. The van der Waals surface area contributed by atoms with Crippen LogP contribution in [0.3, 0.4) is 0 Å². The van der Waals surface area contributed by atoms with Gasteiger partial charge in [-0.15, -0.1) is 0 Å². The van der Waals surface area contributed by atoms with Crippen molar-refractivity contribution in [2.75, 3.05) is 4.90 Å². The highest BCUT2D eigenvalue weighted by Crippen LogP contribution is 2.56. The van der Waals surface area contributed by atoms with Crippen LogP contribution in [0.2, 0.25) is 0 Å². The Morgan fingerprint density at radius 3 is 2.50 bits per heavy atom. The van der Waals surface area contributed by atoms with E-state index in [1.807, 2.05) is 13.0 Å². The van der Waals surface area contributed by atoms with Crippen molar-refractivity contribution in [3.8, 4) is 11.8 Å². The van der Waals surface area contributed by atoms with Crippen molar-refractivity contribution in [3.05, 3.63) is 41.2 Å². The molecule has 0 bridgehead atoms. The molecule has 1 saturated carbocycles. The molecule has 0 unspecified atom stereocenters. The number of benzene rings is 1. The molecule has 1 saturated heterocycles. The molecule has 2 aromatic rings. The fraction of sp³-hybridized carbons (Fsp3) is 0.478. The molecule has 2 fully saturated rings. The summed E-state index contributed by atoms with van der Waals surface area (Å²) >= 11 is 0.